The third kappa shape index (κ3) is 4.85. The van der Waals surface area contributed by atoms with Gasteiger partial charge in [0.25, 0.3) is 0 Å². The molecule has 0 aromatic heterocycles. The molecule has 0 saturated carbocycles. The third-order valence-corrected chi connectivity index (χ3v) is 3.24. The Hall–Kier alpha value is -1.58. The predicted octanol–water partition coefficient (Wildman–Crippen LogP) is 1.34. The molecule has 1 N–H and O–H groups in total. The van der Waals surface area contributed by atoms with Crippen LogP contribution in [-0.2, 0) is 14.8 Å². The number of hydrogen-bond donors (Lipinski definition) is 1. The van der Waals surface area contributed by atoms with E-state index in [-0.39, 0.29) is 12.4 Å². The molecule has 0 bridgehead atoms. The van der Waals surface area contributed by atoms with E-state index >= 15 is 0 Å². The van der Waals surface area contributed by atoms with Gasteiger partial charge in [-0.2, -0.15) is 5.26 Å². The number of benzene rings is 1. The van der Waals surface area contributed by atoms with Gasteiger partial charge in [-0.05, 0) is 31.2 Å². The Morgan fingerprint density at radius 2 is 2.00 bits per heavy atom. The maximum atomic E-state index is 11.6. The number of ether oxygens (including phenoxy) is 1. The predicted molar refractivity (Wildman–Crippen MR) is 65.1 cm³/mol. The molecule has 0 fully saturated rings. The van der Waals surface area contributed by atoms with Gasteiger partial charge in [-0.25, -0.2) is 8.42 Å². The van der Waals surface area contributed by atoms with E-state index < -0.39 is 10.0 Å². The normalized spacial score (nSPS) is 10.8. The summed E-state index contributed by atoms with van der Waals surface area (Å²) in [6.45, 7) is 2.47. The van der Waals surface area contributed by atoms with Crippen molar-refractivity contribution in [3.05, 3.63) is 29.8 Å². The van der Waals surface area contributed by atoms with Crippen LogP contribution in [0.1, 0.15) is 12.5 Å². The van der Waals surface area contributed by atoms with Crippen molar-refractivity contribution < 1.29 is 13.2 Å². The van der Waals surface area contributed by atoms with Crippen molar-refractivity contribution in [1.29, 1.82) is 5.26 Å². The molecule has 92 valence electrons. The number of nitrogens with one attached hydrogen (secondary N) is 1. The van der Waals surface area contributed by atoms with Crippen molar-refractivity contribution in [2.75, 3.05) is 23.7 Å². The van der Waals surface area contributed by atoms with Gasteiger partial charge in [-0.3, -0.25) is 4.72 Å². The van der Waals surface area contributed by atoms with E-state index in [1.807, 2.05) is 6.07 Å². The average Bonchev–Trinajstić information content (AvgIpc) is 2.30. The van der Waals surface area contributed by atoms with Crippen LogP contribution in [0.15, 0.2) is 24.3 Å². The van der Waals surface area contributed by atoms with E-state index in [2.05, 4.69) is 4.72 Å². The summed E-state index contributed by atoms with van der Waals surface area (Å²) in [7, 11) is -3.38. The first-order chi connectivity index (χ1) is 8.07. The topological polar surface area (TPSA) is 79.2 Å². The minimum Gasteiger partial charge on any atom is -0.381 e. The van der Waals surface area contributed by atoms with Gasteiger partial charge in [0, 0.05) is 12.3 Å². The number of anilines is 1. The van der Waals surface area contributed by atoms with Crippen LogP contribution in [0.2, 0.25) is 0 Å². The van der Waals surface area contributed by atoms with Gasteiger partial charge >= 0.3 is 0 Å². The molecule has 1 rings (SSSR count). The van der Waals surface area contributed by atoms with Gasteiger partial charge in [-0.15, -0.1) is 0 Å². The summed E-state index contributed by atoms with van der Waals surface area (Å²) in [6, 6.07) is 8.18. The van der Waals surface area contributed by atoms with Gasteiger partial charge in [-0.1, -0.05) is 0 Å². The molecule has 0 unspecified atom stereocenters. The van der Waals surface area contributed by atoms with Crippen molar-refractivity contribution in [1.82, 2.24) is 0 Å². The lowest BCUT2D eigenvalue weighted by atomic mass is 10.2. The molecule has 0 amide bonds. The zero-order chi connectivity index (χ0) is 12.7. The van der Waals surface area contributed by atoms with Crippen LogP contribution in [0.4, 0.5) is 5.69 Å². The Morgan fingerprint density at radius 3 is 2.53 bits per heavy atom. The average molecular weight is 254 g/mol. The van der Waals surface area contributed by atoms with Crippen LogP contribution in [0, 0.1) is 11.3 Å². The SMILES string of the molecule is CCOCCS(=O)(=O)Nc1ccc(C#N)cc1. The van der Waals surface area contributed by atoms with E-state index in [1.54, 1.807) is 31.2 Å². The maximum Gasteiger partial charge on any atom is 0.234 e. The van der Waals surface area contributed by atoms with Gasteiger partial charge in [0.05, 0.1) is 24.0 Å². The second-order valence-corrected chi connectivity index (χ2v) is 5.15. The monoisotopic (exact) mass is 254 g/mol. The summed E-state index contributed by atoms with van der Waals surface area (Å²) in [5.74, 6) is -0.0825. The molecule has 5 nitrogen and oxygen atoms in total. The molecular weight excluding hydrogens is 240 g/mol. The highest BCUT2D eigenvalue weighted by Crippen LogP contribution is 2.10. The molecule has 1 aromatic rings. The van der Waals surface area contributed by atoms with Gasteiger partial charge in [0.2, 0.25) is 10.0 Å². The summed E-state index contributed by atoms with van der Waals surface area (Å²) in [5.41, 5.74) is 0.933. The quantitative estimate of drug-likeness (QED) is 0.777. The summed E-state index contributed by atoms with van der Waals surface area (Å²) in [5, 5.41) is 8.60. The van der Waals surface area contributed by atoms with E-state index in [1.165, 1.54) is 0 Å². The standard InChI is InChI=1S/C11H14N2O3S/c1-2-16-7-8-17(14,15)13-11-5-3-10(9-12)4-6-11/h3-6,13H,2,7-8H2,1H3. The smallest absolute Gasteiger partial charge is 0.234 e. The number of nitrogens with zero attached hydrogens (tertiary/aromatic N) is 1. The van der Waals surface area contributed by atoms with Crippen molar-refractivity contribution >= 4 is 15.7 Å². The Labute approximate surface area is 101 Å². The van der Waals surface area contributed by atoms with E-state index in [9.17, 15) is 8.42 Å². The van der Waals surface area contributed by atoms with Crippen molar-refractivity contribution in [2.24, 2.45) is 0 Å². The number of sulfonamides is 1. The highest BCUT2D eigenvalue weighted by atomic mass is 32.2. The van der Waals surface area contributed by atoms with Crippen molar-refractivity contribution in [3.8, 4) is 6.07 Å². The second-order valence-electron chi connectivity index (χ2n) is 3.31. The highest BCUT2D eigenvalue weighted by Gasteiger charge is 2.09. The van der Waals surface area contributed by atoms with Gasteiger partial charge in [0.1, 0.15) is 0 Å². The fourth-order valence-corrected chi connectivity index (χ4v) is 2.09. The molecule has 0 saturated heterocycles. The largest absolute Gasteiger partial charge is 0.381 e. The number of nitriles is 1. The van der Waals surface area contributed by atoms with E-state index in [0.29, 0.717) is 17.9 Å². The molecule has 17 heavy (non-hydrogen) atoms. The Kier molecular flexibility index (Phi) is 4.94. The lowest BCUT2D eigenvalue weighted by Crippen LogP contribution is -2.20. The van der Waals surface area contributed by atoms with Crippen LogP contribution in [-0.4, -0.2) is 27.4 Å². The van der Waals surface area contributed by atoms with Crippen LogP contribution < -0.4 is 4.72 Å². The Balaban J connectivity index is 2.60. The summed E-state index contributed by atoms with van der Waals surface area (Å²) < 4.78 is 30.5. The highest BCUT2D eigenvalue weighted by molar-refractivity contribution is 7.92. The third-order valence-electron chi connectivity index (χ3n) is 1.99. The molecular formula is C11H14N2O3S. The molecule has 0 spiro atoms. The van der Waals surface area contributed by atoms with Crippen molar-refractivity contribution in [3.63, 3.8) is 0 Å². The van der Waals surface area contributed by atoms with Crippen LogP contribution in [0.3, 0.4) is 0 Å². The number of rotatable bonds is 6. The van der Waals surface area contributed by atoms with Gasteiger partial charge < -0.3 is 4.74 Å². The van der Waals surface area contributed by atoms with Crippen LogP contribution in [0.25, 0.3) is 0 Å². The Morgan fingerprint density at radius 1 is 1.35 bits per heavy atom. The minimum atomic E-state index is -3.38. The summed E-state index contributed by atoms with van der Waals surface area (Å²) in [4.78, 5) is 0. The lowest BCUT2D eigenvalue weighted by Gasteiger charge is -2.07. The molecule has 0 radical (unpaired) electrons. The number of hydrogen-bond acceptors (Lipinski definition) is 4. The molecule has 0 atom stereocenters. The first-order valence-electron chi connectivity index (χ1n) is 5.16. The maximum absolute atomic E-state index is 11.6. The van der Waals surface area contributed by atoms with E-state index in [0.717, 1.165) is 0 Å². The minimum absolute atomic E-state index is 0.0825. The van der Waals surface area contributed by atoms with Crippen LogP contribution in [0.5, 0.6) is 0 Å². The first kappa shape index (κ1) is 13.5. The van der Waals surface area contributed by atoms with Crippen molar-refractivity contribution in [2.45, 2.75) is 6.92 Å². The molecule has 0 aliphatic heterocycles. The lowest BCUT2D eigenvalue weighted by molar-refractivity contribution is 0.163. The molecule has 0 aliphatic carbocycles. The molecule has 1 aromatic carbocycles. The van der Waals surface area contributed by atoms with Crippen LogP contribution >= 0.6 is 0 Å². The van der Waals surface area contributed by atoms with E-state index in [4.69, 9.17) is 10.00 Å². The Bertz CT molecular complexity index is 488. The first-order valence-corrected chi connectivity index (χ1v) is 6.81. The fraction of sp³-hybridized carbons (Fsp3) is 0.364. The zero-order valence-electron chi connectivity index (χ0n) is 9.51. The fourth-order valence-electron chi connectivity index (χ4n) is 1.16. The summed E-state index contributed by atoms with van der Waals surface area (Å²) >= 11 is 0. The molecule has 0 heterocycles. The van der Waals surface area contributed by atoms with Gasteiger partial charge in [0.15, 0.2) is 0 Å². The summed E-state index contributed by atoms with van der Waals surface area (Å²) in [6.07, 6.45) is 0. The second kappa shape index (κ2) is 6.23. The molecule has 6 heteroatoms. The molecule has 0 aliphatic rings. The zero-order valence-corrected chi connectivity index (χ0v) is 10.3.